The van der Waals surface area contributed by atoms with Gasteiger partial charge in [-0.15, -0.1) is 11.3 Å². The Kier molecular flexibility index (Phi) is 10.4. The van der Waals surface area contributed by atoms with Crippen LogP contribution in [-0.4, -0.2) is 35.8 Å². The number of amides is 2. The van der Waals surface area contributed by atoms with E-state index in [2.05, 4.69) is 15.6 Å². The van der Waals surface area contributed by atoms with E-state index in [-0.39, 0.29) is 28.8 Å². The van der Waals surface area contributed by atoms with Crippen LogP contribution in [0.15, 0.2) is 29.6 Å². The fourth-order valence-electron chi connectivity index (χ4n) is 3.64. The summed E-state index contributed by atoms with van der Waals surface area (Å²) in [7, 11) is -4.36. The van der Waals surface area contributed by atoms with E-state index in [1.807, 2.05) is 51.6 Å². The molecule has 1 aromatic carbocycles. The number of rotatable bonds is 12. The number of aromatic nitrogens is 1. The van der Waals surface area contributed by atoms with Gasteiger partial charge in [0, 0.05) is 11.8 Å². The Labute approximate surface area is 218 Å². The lowest BCUT2D eigenvalue weighted by molar-refractivity contribution is -0.130. The summed E-state index contributed by atoms with van der Waals surface area (Å²) < 4.78 is 33.1. The number of nitrogens with zero attached hydrogens (tertiary/aromatic N) is 1. The molecule has 200 valence electrons. The summed E-state index contributed by atoms with van der Waals surface area (Å²) in [6, 6.07) is 5.41. The van der Waals surface area contributed by atoms with Crippen LogP contribution in [0, 0.1) is 11.3 Å². The Morgan fingerprint density at radius 1 is 1.11 bits per heavy atom. The van der Waals surface area contributed by atoms with Crippen LogP contribution >= 0.6 is 11.3 Å². The van der Waals surface area contributed by atoms with Gasteiger partial charge >= 0.3 is 10.3 Å². The van der Waals surface area contributed by atoms with Gasteiger partial charge in [0.25, 0.3) is 0 Å². The van der Waals surface area contributed by atoms with Gasteiger partial charge in [-0.05, 0) is 48.3 Å². The van der Waals surface area contributed by atoms with Gasteiger partial charge < -0.3 is 10.6 Å². The van der Waals surface area contributed by atoms with Gasteiger partial charge in [-0.25, -0.2) is 4.98 Å². The monoisotopic (exact) mass is 538 g/mol. The largest absolute Gasteiger partial charge is 0.357 e. The van der Waals surface area contributed by atoms with Crippen LogP contribution < -0.4 is 15.4 Å². The van der Waals surface area contributed by atoms with E-state index in [9.17, 15) is 18.0 Å². The molecule has 0 saturated carbocycles. The van der Waals surface area contributed by atoms with Crippen LogP contribution in [0.3, 0.4) is 0 Å². The van der Waals surface area contributed by atoms with Crippen LogP contribution in [0.4, 0.5) is 5.69 Å². The highest BCUT2D eigenvalue weighted by Crippen LogP contribution is 2.25. The fourth-order valence-corrected chi connectivity index (χ4v) is 5.03. The molecule has 0 spiro atoms. The van der Waals surface area contributed by atoms with Gasteiger partial charge in [-0.2, -0.15) is 8.42 Å². The molecular weight excluding hydrogens is 500 g/mol. The highest BCUT2D eigenvalue weighted by molar-refractivity contribution is 7.87. The lowest BCUT2D eigenvalue weighted by Gasteiger charge is -2.25. The standard InChI is InChI=1S/C25H38N4O5S2/c1-7-18-15-35-24(26-18)21(13-17-8-10-19(11-9-17)29-36(32,33)34)28-23(31)20(12-16(2)3)27-22(30)14-25(4,5)6/h8-11,15-16,20-21,29H,7,12-14H2,1-6H3,(H,27,30)(H,28,31)(H,32,33,34)/t20-,21-/m0/s1. The predicted octanol–water partition coefficient (Wildman–Crippen LogP) is 4.29. The van der Waals surface area contributed by atoms with Crippen molar-refractivity contribution < 1.29 is 22.6 Å². The Hall–Kier alpha value is -2.50. The third-order valence-electron chi connectivity index (χ3n) is 5.24. The number of carbonyl (C=O) groups is 2. The first kappa shape index (κ1) is 29.7. The molecule has 2 atom stereocenters. The number of anilines is 1. The minimum Gasteiger partial charge on any atom is -0.345 e. The summed E-state index contributed by atoms with van der Waals surface area (Å²) in [5.74, 6) is -0.235. The molecule has 0 bridgehead atoms. The number of thiazole rings is 1. The molecule has 0 unspecified atom stereocenters. The second-order valence-corrected chi connectivity index (χ2v) is 12.6. The Morgan fingerprint density at radius 2 is 1.75 bits per heavy atom. The zero-order chi connectivity index (χ0) is 27.1. The second kappa shape index (κ2) is 12.6. The van der Waals surface area contributed by atoms with E-state index in [0.29, 0.717) is 19.3 Å². The van der Waals surface area contributed by atoms with E-state index in [1.54, 1.807) is 12.1 Å². The maximum absolute atomic E-state index is 13.4. The van der Waals surface area contributed by atoms with Crippen LogP contribution in [0.1, 0.15) is 76.7 Å². The van der Waals surface area contributed by atoms with Crippen molar-refractivity contribution >= 4 is 39.1 Å². The number of nitrogens with one attached hydrogen (secondary N) is 3. The number of benzene rings is 1. The van der Waals surface area contributed by atoms with E-state index in [0.717, 1.165) is 22.7 Å². The van der Waals surface area contributed by atoms with Crippen molar-refractivity contribution in [2.45, 2.75) is 79.3 Å². The first-order chi connectivity index (χ1) is 16.6. The molecule has 1 aromatic heterocycles. The summed E-state index contributed by atoms with van der Waals surface area (Å²) in [5.41, 5.74) is 1.80. The Bertz CT molecular complexity index is 1120. The predicted molar refractivity (Wildman–Crippen MR) is 143 cm³/mol. The Balaban J connectivity index is 2.25. The van der Waals surface area contributed by atoms with E-state index in [4.69, 9.17) is 4.55 Å². The minimum atomic E-state index is -4.36. The van der Waals surface area contributed by atoms with E-state index >= 15 is 0 Å². The fraction of sp³-hybridized carbons (Fsp3) is 0.560. The molecule has 2 aromatic rings. The molecule has 9 nitrogen and oxygen atoms in total. The van der Waals surface area contributed by atoms with Gasteiger partial charge in [0.05, 0.1) is 17.4 Å². The quantitative estimate of drug-likeness (QED) is 0.298. The van der Waals surface area contributed by atoms with Gasteiger partial charge in [-0.1, -0.05) is 53.7 Å². The smallest absolute Gasteiger partial charge is 0.345 e. The average molecular weight is 539 g/mol. The number of hydrogen-bond donors (Lipinski definition) is 4. The molecule has 4 N–H and O–H groups in total. The van der Waals surface area contributed by atoms with Crippen molar-refractivity contribution in [3.63, 3.8) is 0 Å². The molecule has 0 radical (unpaired) electrons. The molecule has 1 heterocycles. The molecule has 0 aliphatic heterocycles. The third kappa shape index (κ3) is 10.6. The number of carbonyl (C=O) groups excluding carboxylic acids is 2. The summed E-state index contributed by atoms with van der Waals surface area (Å²) in [5, 5.41) is 8.72. The summed E-state index contributed by atoms with van der Waals surface area (Å²) in [4.78, 5) is 30.7. The van der Waals surface area contributed by atoms with E-state index < -0.39 is 22.4 Å². The van der Waals surface area contributed by atoms with Crippen molar-refractivity contribution in [2.24, 2.45) is 11.3 Å². The van der Waals surface area contributed by atoms with Crippen molar-refractivity contribution in [1.82, 2.24) is 15.6 Å². The molecule has 0 aliphatic carbocycles. The molecule has 11 heteroatoms. The van der Waals surface area contributed by atoms with Crippen molar-refractivity contribution in [2.75, 3.05) is 4.72 Å². The molecule has 2 rings (SSSR count). The maximum atomic E-state index is 13.4. The van der Waals surface area contributed by atoms with Gasteiger partial charge in [0.1, 0.15) is 11.0 Å². The van der Waals surface area contributed by atoms with E-state index in [1.165, 1.54) is 23.5 Å². The zero-order valence-corrected chi connectivity index (χ0v) is 23.4. The lowest BCUT2D eigenvalue weighted by atomic mass is 9.91. The normalized spacial score (nSPS) is 13.8. The highest BCUT2D eigenvalue weighted by atomic mass is 32.2. The zero-order valence-electron chi connectivity index (χ0n) is 21.8. The number of aryl methyl sites for hydroxylation is 1. The molecule has 2 amide bonds. The SMILES string of the molecule is CCc1csc([C@H](Cc2ccc(NS(=O)(=O)O)cc2)NC(=O)[C@H](CC(C)C)NC(=O)CC(C)(C)C)n1. The summed E-state index contributed by atoms with van der Waals surface area (Å²) in [6.07, 6.45) is 2.00. The highest BCUT2D eigenvalue weighted by Gasteiger charge is 2.27. The molecule has 0 fully saturated rings. The third-order valence-corrected chi connectivity index (χ3v) is 6.74. The van der Waals surface area contributed by atoms with Crippen LogP contribution in [0.5, 0.6) is 0 Å². The van der Waals surface area contributed by atoms with Crippen LogP contribution in [0.25, 0.3) is 0 Å². The van der Waals surface area contributed by atoms with Crippen molar-refractivity contribution in [3.05, 3.63) is 45.9 Å². The topological polar surface area (TPSA) is 137 Å². The average Bonchev–Trinajstić information content (AvgIpc) is 3.20. The summed E-state index contributed by atoms with van der Waals surface area (Å²) in [6.45, 7) is 11.9. The maximum Gasteiger partial charge on any atom is 0.357 e. The molecule has 0 aliphatic rings. The van der Waals surface area contributed by atoms with Gasteiger partial charge in [0.15, 0.2) is 0 Å². The number of hydrogen-bond acceptors (Lipinski definition) is 6. The lowest BCUT2D eigenvalue weighted by Crippen LogP contribution is -2.49. The molecule has 36 heavy (non-hydrogen) atoms. The van der Waals surface area contributed by atoms with Crippen LogP contribution in [-0.2, 0) is 32.7 Å². The van der Waals surface area contributed by atoms with Crippen molar-refractivity contribution in [3.8, 4) is 0 Å². The van der Waals surface area contributed by atoms with Crippen molar-refractivity contribution in [1.29, 1.82) is 0 Å². The Morgan fingerprint density at radius 3 is 2.25 bits per heavy atom. The van der Waals surface area contributed by atoms with Gasteiger partial charge in [-0.3, -0.25) is 18.9 Å². The first-order valence-electron chi connectivity index (χ1n) is 12.0. The van der Waals surface area contributed by atoms with Crippen LogP contribution in [0.2, 0.25) is 0 Å². The summed E-state index contributed by atoms with van der Waals surface area (Å²) >= 11 is 1.46. The molecule has 0 saturated heterocycles. The molecular formula is C25H38N4O5S2. The van der Waals surface area contributed by atoms with Gasteiger partial charge in [0.2, 0.25) is 11.8 Å². The minimum absolute atomic E-state index is 0.163. The first-order valence-corrected chi connectivity index (χ1v) is 14.4. The second-order valence-electron chi connectivity index (χ2n) is 10.6.